The van der Waals surface area contributed by atoms with E-state index >= 15 is 0 Å². The van der Waals surface area contributed by atoms with Crippen molar-refractivity contribution in [2.45, 2.75) is 20.0 Å². The lowest BCUT2D eigenvalue weighted by molar-refractivity contribution is 0.0788. The Hall–Kier alpha value is -2.51. The van der Waals surface area contributed by atoms with Gasteiger partial charge in [-0.3, -0.25) is 14.2 Å². The molecule has 3 aromatic rings. The molecule has 146 valence electrons. The van der Waals surface area contributed by atoms with Crippen LogP contribution in [-0.2, 0) is 13.1 Å². The van der Waals surface area contributed by atoms with Gasteiger partial charge in [-0.2, -0.15) is 0 Å². The molecule has 2 aromatic carbocycles. The van der Waals surface area contributed by atoms with Gasteiger partial charge >= 0.3 is 4.87 Å². The van der Waals surface area contributed by atoms with Crippen LogP contribution in [0.4, 0.5) is 8.78 Å². The predicted molar refractivity (Wildman–Crippen MR) is 106 cm³/mol. The largest absolute Gasteiger partial charge is 0.337 e. The van der Waals surface area contributed by atoms with Crippen LogP contribution in [0.2, 0.25) is 5.02 Å². The molecule has 1 heterocycles. The quantitative estimate of drug-likeness (QED) is 0.608. The zero-order chi connectivity index (χ0) is 20.4. The van der Waals surface area contributed by atoms with Gasteiger partial charge in [-0.05, 0) is 42.3 Å². The van der Waals surface area contributed by atoms with Crippen LogP contribution in [0.5, 0.6) is 0 Å². The zero-order valence-corrected chi connectivity index (χ0v) is 16.8. The van der Waals surface area contributed by atoms with Gasteiger partial charge in [0.25, 0.3) is 5.91 Å². The molecule has 0 aliphatic rings. The van der Waals surface area contributed by atoms with E-state index in [1.807, 2.05) is 0 Å². The van der Waals surface area contributed by atoms with E-state index < -0.39 is 5.82 Å². The minimum Gasteiger partial charge on any atom is -0.337 e. The van der Waals surface area contributed by atoms with Crippen LogP contribution in [0, 0.1) is 18.6 Å². The van der Waals surface area contributed by atoms with E-state index in [1.165, 1.54) is 33.7 Å². The molecule has 0 N–H and O–H groups in total. The number of benzene rings is 2. The molecule has 0 atom stereocenters. The van der Waals surface area contributed by atoms with Crippen LogP contribution in [-0.4, -0.2) is 22.4 Å². The van der Waals surface area contributed by atoms with Crippen molar-refractivity contribution in [1.82, 2.24) is 9.47 Å². The van der Waals surface area contributed by atoms with Crippen LogP contribution in [0.3, 0.4) is 0 Å². The van der Waals surface area contributed by atoms with Crippen molar-refractivity contribution >= 4 is 28.8 Å². The number of amides is 1. The van der Waals surface area contributed by atoms with Gasteiger partial charge in [0.15, 0.2) is 0 Å². The second kappa shape index (κ2) is 8.24. The Bertz CT molecular complexity index is 1080. The van der Waals surface area contributed by atoms with Crippen molar-refractivity contribution in [2.24, 2.45) is 0 Å². The van der Waals surface area contributed by atoms with Gasteiger partial charge in [0.1, 0.15) is 16.5 Å². The maximum atomic E-state index is 13.3. The van der Waals surface area contributed by atoms with Crippen molar-refractivity contribution in [2.75, 3.05) is 7.05 Å². The van der Waals surface area contributed by atoms with Crippen LogP contribution in [0.25, 0.3) is 0 Å². The third-order valence-corrected chi connectivity index (χ3v) is 5.70. The number of hydrogen-bond acceptors (Lipinski definition) is 3. The molecule has 8 heteroatoms. The third kappa shape index (κ3) is 4.31. The van der Waals surface area contributed by atoms with Gasteiger partial charge < -0.3 is 4.90 Å². The van der Waals surface area contributed by atoms with Crippen molar-refractivity contribution in [3.63, 3.8) is 0 Å². The van der Waals surface area contributed by atoms with E-state index in [4.69, 9.17) is 11.6 Å². The minimum atomic E-state index is -0.530. The summed E-state index contributed by atoms with van der Waals surface area (Å²) in [5, 5.41) is -0.0197. The molecule has 0 aliphatic carbocycles. The van der Waals surface area contributed by atoms with Crippen molar-refractivity contribution in [3.8, 4) is 0 Å². The van der Waals surface area contributed by atoms with E-state index in [9.17, 15) is 18.4 Å². The molecule has 4 nitrogen and oxygen atoms in total. The summed E-state index contributed by atoms with van der Waals surface area (Å²) >= 11 is 6.67. The van der Waals surface area contributed by atoms with Crippen LogP contribution in [0.1, 0.15) is 26.5 Å². The number of rotatable bonds is 5. The number of hydrogen-bond donors (Lipinski definition) is 0. The molecule has 28 heavy (non-hydrogen) atoms. The van der Waals surface area contributed by atoms with E-state index in [0.717, 1.165) is 16.9 Å². The molecule has 1 amide bonds. The van der Waals surface area contributed by atoms with Gasteiger partial charge in [0.2, 0.25) is 0 Å². The third-order valence-electron chi connectivity index (χ3n) is 4.34. The second-order valence-corrected chi connectivity index (χ2v) is 7.77. The van der Waals surface area contributed by atoms with Crippen molar-refractivity contribution < 1.29 is 13.6 Å². The summed E-state index contributed by atoms with van der Waals surface area (Å²) in [6, 6.07) is 10.1. The first-order chi connectivity index (χ1) is 13.3. The molecule has 3 rings (SSSR count). The molecule has 0 aliphatic heterocycles. The van der Waals surface area contributed by atoms with Gasteiger partial charge in [-0.25, -0.2) is 8.78 Å². The molecule has 0 bridgehead atoms. The smallest absolute Gasteiger partial charge is 0.308 e. The minimum absolute atomic E-state index is 0.0197. The van der Waals surface area contributed by atoms with E-state index in [0.29, 0.717) is 16.1 Å². The molecule has 0 saturated heterocycles. The summed E-state index contributed by atoms with van der Waals surface area (Å²) in [5.74, 6) is -1.16. The lowest BCUT2D eigenvalue weighted by atomic mass is 10.2. The van der Waals surface area contributed by atoms with E-state index in [1.54, 1.807) is 32.2 Å². The maximum Gasteiger partial charge on any atom is 0.308 e. The predicted octanol–water partition coefficient (Wildman–Crippen LogP) is 4.47. The van der Waals surface area contributed by atoms with Crippen LogP contribution in [0.15, 0.2) is 47.3 Å². The Morgan fingerprint density at radius 3 is 2.43 bits per heavy atom. The van der Waals surface area contributed by atoms with Crippen molar-refractivity contribution in [3.05, 3.63) is 90.5 Å². The van der Waals surface area contributed by atoms with Gasteiger partial charge in [-0.15, -0.1) is 0 Å². The normalized spacial score (nSPS) is 10.9. The topological polar surface area (TPSA) is 42.3 Å². The molecule has 0 unspecified atom stereocenters. The lowest BCUT2D eigenvalue weighted by Gasteiger charge is -2.17. The van der Waals surface area contributed by atoms with Gasteiger partial charge in [0.05, 0.1) is 11.6 Å². The highest BCUT2D eigenvalue weighted by Crippen LogP contribution is 2.20. The molecule has 1 aromatic heterocycles. The Labute approximate surface area is 169 Å². The summed E-state index contributed by atoms with van der Waals surface area (Å²) in [5.41, 5.74) is 1.97. The number of nitrogens with zero attached hydrogens (tertiary/aromatic N) is 2. The highest BCUT2D eigenvalue weighted by molar-refractivity contribution is 7.11. The highest BCUT2D eigenvalue weighted by atomic mass is 35.5. The number of halogens is 3. The standard InChI is InChI=1S/C20H17ClF2N2O2S/c1-12-18(19(26)24(2)10-13-3-6-15(22)7-4-13)28-20(27)25(12)11-14-5-8-17(23)16(21)9-14/h3-9H,10-11H2,1-2H3. The first-order valence-corrected chi connectivity index (χ1v) is 9.59. The summed E-state index contributed by atoms with van der Waals surface area (Å²) in [7, 11) is 1.62. The first-order valence-electron chi connectivity index (χ1n) is 8.40. The molecule has 0 fully saturated rings. The average molecular weight is 423 g/mol. The molecular formula is C20H17ClF2N2O2S. The van der Waals surface area contributed by atoms with Gasteiger partial charge in [0, 0.05) is 19.3 Å². The summed E-state index contributed by atoms with van der Waals surface area (Å²) < 4.78 is 27.8. The fourth-order valence-corrected chi connectivity index (χ4v) is 3.98. The summed E-state index contributed by atoms with van der Waals surface area (Å²) in [4.78, 5) is 26.7. The monoisotopic (exact) mass is 422 g/mol. The Balaban J connectivity index is 1.81. The average Bonchev–Trinajstić information content (AvgIpc) is 2.94. The lowest BCUT2D eigenvalue weighted by Crippen LogP contribution is -2.26. The SMILES string of the molecule is Cc1c(C(=O)N(C)Cc2ccc(F)cc2)sc(=O)n1Cc1ccc(F)c(Cl)c1. The van der Waals surface area contributed by atoms with Crippen LogP contribution < -0.4 is 4.87 Å². The zero-order valence-electron chi connectivity index (χ0n) is 15.2. The Morgan fingerprint density at radius 1 is 1.14 bits per heavy atom. The number of carbonyl (C=O) groups excluding carboxylic acids is 1. The highest BCUT2D eigenvalue weighted by Gasteiger charge is 2.21. The summed E-state index contributed by atoms with van der Waals surface area (Å²) in [6.07, 6.45) is 0. The Morgan fingerprint density at radius 2 is 1.79 bits per heavy atom. The van der Waals surface area contributed by atoms with Crippen LogP contribution >= 0.6 is 22.9 Å². The Kier molecular flexibility index (Phi) is 5.96. The second-order valence-electron chi connectivity index (χ2n) is 6.40. The summed E-state index contributed by atoms with van der Waals surface area (Å²) in [6.45, 7) is 2.18. The van der Waals surface area contributed by atoms with Gasteiger partial charge in [-0.1, -0.05) is 41.1 Å². The van der Waals surface area contributed by atoms with E-state index in [-0.39, 0.29) is 34.7 Å². The number of carbonyl (C=O) groups is 1. The molecule has 0 radical (unpaired) electrons. The number of aromatic nitrogens is 1. The van der Waals surface area contributed by atoms with Crippen molar-refractivity contribution in [1.29, 1.82) is 0 Å². The maximum absolute atomic E-state index is 13.3. The molecular weight excluding hydrogens is 406 g/mol. The molecule has 0 saturated carbocycles. The van der Waals surface area contributed by atoms with E-state index in [2.05, 4.69) is 0 Å². The molecule has 0 spiro atoms. The number of thiazole rings is 1. The fraction of sp³-hybridized carbons (Fsp3) is 0.200. The fourth-order valence-electron chi connectivity index (χ4n) is 2.79. The first kappa shape index (κ1) is 20.2.